The zero-order valence-electron chi connectivity index (χ0n) is 22.7. The molecule has 0 unspecified atom stereocenters. The van der Waals surface area contributed by atoms with E-state index >= 15 is 4.39 Å². The van der Waals surface area contributed by atoms with Gasteiger partial charge < -0.3 is 15.4 Å². The largest absolute Gasteiger partial charge is 0.435 e. The van der Waals surface area contributed by atoms with Gasteiger partial charge in [0.2, 0.25) is 11.8 Å². The minimum absolute atomic E-state index is 0.0272. The number of anilines is 3. The summed E-state index contributed by atoms with van der Waals surface area (Å²) in [5.41, 5.74) is 5.90. The summed E-state index contributed by atoms with van der Waals surface area (Å²) in [7, 11) is 1.73. The summed E-state index contributed by atoms with van der Waals surface area (Å²) in [5, 5.41) is 17.0. The van der Waals surface area contributed by atoms with Gasteiger partial charge in [0.15, 0.2) is 17.4 Å². The van der Waals surface area contributed by atoms with Gasteiger partial charge in [0.25, 0.3) is 0 Å². The summed E-state index contributed by atoms with van der Waals surface area (Å²) in [5.74, 6) is 0.675. The Bertz CT molecular complexity index is 1890. The van der Waals surface area contributed by atoms with Crippen molar-refractivity contribution < 1.29 is 9.13 Å². The van der Waals surface area contributed by atoms with Gasteiger partial charge in [0.1, 0.15) is 5.69 Å². The fourth-order valence-corrected chi connectivity index (χ4v) is 4.50. The highest BCUT2D eigenvalue weighted by Gasteiger charge is 2.15. The van der Waals surface area contributed by atoms with E-state index in [2.05, 4.69) is 67.8 Å². The molecule has 0 aliphatic heterocycles. The number of fused-ring (bicyclic) bond motifs is 1. The van der Waals surface area contributed by atoms with Crippen LogP contribution in [0, 0.1) is 19.7 Å². The Morgan fingerprint density at radius 2 is 1.63 bits per heavy atom. The number of hydrogen-bond donors (Lipinski definition) is 2. The molecule has 0 aliphatic carbocycles. The second-order valence-electron chi connectivity index (χ2n) is 9.49. The van der Waals surface area contributed by atoms with Crippen LogP contribution in [0.5, 0.6) is 11.6 Å². The Kier molecular flexibility index (Phi) is 6.91. The van der Waals surface area contributed by atoms with Gasteiger partial charge in [-0.1, -0.05) is 36.4 Å². The average Bonchev–Trinajstić information content (AvgIpc) is 3.00. The second-order valence-corrected chi connectivity index (χ2v) is 9.49. The molecule has 6 rings (SSSR count). The third-order valence-corrected chi connectivity index (χ3v) is 6.80. The van der Waals surface area contributed by atoms with Crippen molar-refractivity contribution in [1.82, 2.24) is 25.1 Å². The van der Waals surface area contributed by atoms with Crippen LogP contribution in [0.3, 0.4) is 0 Å². The highest BCUT2D eigenvalue weighted by Crippen LogP contribution is 2.35. The topological polar surface area (TPSA) is 97.7 Å². The van der Waals surface area contributed by atoms with E-state index in [1.807, 2.05) is 30.3 Å². The monoisotopic (exact) mass is 543 g/mol. The van der Waals surface area contributed by atoms with Gasteiger partial charge in [-0.25, -0.2) is 19.3 Å². The van der Waals surface area contributed by atoms with Crippen LogP contribution in [0.25, 0.3) is 33.3 Å². The number of hydrogen-bond acceptors (Lipinski definition) is 8. The van der Waals surface area contributed by atoms with Gasteiger partial charge >= 0.3 is 0 Å². The van der Waals surface area contributed by atoms with Crippen LogP contribution in [-0.2, 0) is 0 Å². The molecular weight excluding hydrogens is 517 g/mol. The maximum absolute atomic E-state index is 15.3. The molecule has 0 atom stereocenters. The maximum atomic E-state index is 15.3. The molecule has 202 valence electrons. The predicted molar refractivity (Wildman–Crippen MR) is 159 cm³/mol. The van der Waals surface area contributed by atoms with Crippen molar-refractivity contribution in [2.24, 2.45) is 0 Å². The van der Waals surface area contributed by atoms with E-state index in [1.54, 1.807) is 43.7 Å². The Hall–Kier alpha value is -5.44. The fraction of sp³-hybridized carbons (Fsp3) is 0.0938. The number of aromatic nitrogens is 5. The fourth-order valence-electron chi connectivity index (χ4n) is 4.50. The number of rotatable bonds is 7. The van der Waals surface area contributed by atoms with Gasteiger partial charge in [-0.3, -0.25) is 0 Å². The van der Waals surface area contributed by atoms with Crippen molar-refractivity contribution in [3.63, 3.8) is 0 Å². The minimum Gasteiger partial charge on any atom is -0.435 e. The van der Waals surface area contributed by atoms with E-state index in [0.29, 0.717) is 28.7 Å². The summed E-state index contributed by atoms with van der Waals surface area (Å²) in [6, 6.07) is 24.1. The van der Waals surface area contributed by atoms with E-state index in [1.165, 1.54) is 17.2 Å². The lowest BCUT2D eigenvalue weighted by atomic mass is 10.0. The number of aryl methyl sites for hydroxylation is 2. The molecule has 0 amide bonds. The third kappa shape index (κ3) is 5.25. The van der Waals surface area contributed by atoms with E-state index in [-0.39, 0.29) is 11.6 Å². The highest BCUT2D eigenvalue weighted by molar-refractivity contribution is 6.00. The molecule has 3 aromatic heterocycles. The smallest absolute Gasteiger partial charge is 0.228 e. The van der Waals surface area contributed by atoms with Crippen LogP contribution < -0.4 is 15.4 Å². The molecule has 3 heterocycles. The van der Waals surface area contributed by atoms with Crippen LogP contribution >= 0.6 is 0 Å². The van der Waals surface area contributed by atoms with E-state index in [4.69, 9.17) is 4.74 Å². The van der Waals surface area contributed by atoms with Crippen molar-refractivity contribution in [3.8, 4) is 34.1 Å². The molecule has 8 nitrogen and oxygen atoms in total. The molecule has 0 radical (unpaired) electrons. The van der Waals surface area contributed by atoms with Gasteiger partial charge in [-0.05, 0) is 61.4 Å². The van der Waals surface area contributed by atoms with Crippen molar-refractivity contribution in [3.05, 3.63) is 108 Å². The molecule has 0 saturated heterocycles. The molecule has 0 aliphatic rings. The number of benzene rings is 3. The van der Waals surface area contributed by atoms with Crippen molar-refractivity contribution >= 4 is 28.2 Å². The lowest BCUT2D eigenvalue weighted by Gasteiger charge is -2.13. The lowest BCUT2D eigenvalue weighted by molar-refractivity contribution is 0.429. The summed E-state index contributed by atoms with van der Waals surface area (Å²) in [6.07, 6.45) is 3.21. The maximum Gasteiger partial charge on any atom is 0.228 e. The predicted octanol–water partition coefficient (Wildman–Crippen LogP) is 7.48. The lowest BCUT2D eigenvalue weighted by Crippen LogP contribution is -2.01. The first-order valence-electron chi connectivity index (χ1n) is 13.0. The van der Waals surface area contributed by atoms with Gasteiger partial charge in [0, 0.05) is 47.5 Å². The van der Waals surface area contributed by atoms with Crippen molar-refractivity contribution in [1.29, 1.82) is 0 Å². The normalized spacial score (nSPS) is 10.9. The minimum atomic E-state index is -0.561. The molecule has 0 fully saturated rings. The number of pyridine rings is 1. The molecular formula is C32H26FN7O. The number of nitrogens with one attached hydrogen (secondary N) is 2. The zero-order chi connectivity index (χ0) is 28.3. The van der Waals surface area contributed by atoms with Crippen LogP contribution in [0.1, 0.15) is 11.1 Å². The number of halogens is 1. The molecule has 6 aromatic rings. The van der Waals surface area contributed by atoms with E-state index in [9.17, 15) is 0 Å². The van der Waals surface area contributed by atoms with Gasteiger partial charge in [-0.15, -0.1) is 10.2 Å². The van der Waals surface area contributed by atoms with Crippen LogP contribution in [-0.4, -0.2) is 32.2 Å². The average molecular weight is 544 g/mol. The second kappa shape index (κ2) is 11.0. The Morgan fingerprint density at radius 1 is 0.780 bits per heavy atom. The van der Waals surface area contributed by atoms with E-state index in [0.717, 1.165) is 22.0 Å². The summed E-state index contributed by atoms with van der Waals surface area (Å²) < 4.78 is 21.2. The number of nitrogens with zero attached hydrogens (tertiary/aromatic N) is 5. The molecule has 0 saturated carbocycles. The Balaban J connectivity index is 1.29. The standard InChI is InChI=1S/C32H26FN7O/c1-19-10-11-21(17-20(19)2)29-23-7-4-5-8-24(23)30(40-39-29)37-22-12-13-28(26(33)18-22)41-31-25(9-6-15-35-31)27-14-16-36-32(34-3)38-27/h4-18H,1-3H3,(H,37,40)(H,34,36,38). The third-order valence-electron chi connectivity index (χ3n) is 6.80. The molecule has 3 aromatic carbocycles. The Labute approximate surface area is 236 Å². The van der Waals surface area contributed by atoms with Crippen LogP contribution in [0.2, 0.25) is 0 Å². The first kappa shape index (κ1) is 25.8. The Morgan fingerprint density at radius 3 is 2.44 bits per heavy atom. The van der Waals surface area contributed by atoms with E-state index < -0.39 is 5.82 Å². The van der Waals surface area contributed by atoms with Crippen LogP contribution in [0.4, 0.5) is 21.8 Å². The number of ether oxygens (including phenoxy) is 1. The first-order valence-corrected chi connectivity index (χ1v) is 13.0. The molecule has 9 heteroatoms. The molecule has 0 spiro atoms. The van der Waals surface area contributed by atoms with Gasteiger partial charge in [-0.2, -0.15) is 0 Å². The van der Waals surface area contributed by atoms with Crippen molar-refractivity contribution in [2.75, 3.05) is 17.7 Å². The first-order chi connectivity index (χ1) is 20.0. The SMILES string of the molecule is CNc1nccc(-c2cccnc2Oc2ccc(Nc3nnc(-c4ccc(C)c(C)c4)c4ccccc34)cc2F)n1. The molecule has 0 bridgehead atoms. The summed E-state index contributed by atoms with van der Waals surface area (Å²) >= 11 is 0. The summed E-state index contributed by atoms with van der Waals surface area (Å²) in [4.78, 5) is 12.9. The molecule has 41 heavy (non-hydrogen) atoms. The molecule has 2 N–H and O–H groups in total. The van der Waals surface area contributed by atoms with Gasteiger partial charge in [0.05, 0.1) is 11.3 Å². The zero-order valence-corrected chi connectivity index (χ0v) is 22.7. The highest BCUT2D eigenvalue weighted by atomic mass is 19.1. The van der Waals surface area contributed by atoms with Crippen LogP contribution in [0.15, 0.2) is 91.3 Å². The quantitative estimate of drug-likeness (QED) is 0.214. The van der Waals surface area contributed by atoms with Crippen molar-refractivity contribution in [2.45, 2.75) is 13.8 Å². The summed E-state index contributed by atoms with van der Waals surface area (Å²) in [6.45, 7) is 4.16.